The van der Waals surface area contributed by atoms with E-state index in [0.29, 0.717) is 12.1 Å². The van der Waals surface area contributed by atoms with Gasteiger partial charge in [-0.15, -0.1) is 0 Å². The molecule has 1 aliphatic rings. The highest BCUT2D eigenvalue weighted by atomic mass is 32.2. The molecule has 0 aromatic heterocycles. The Morgan fingerprint density at radius 1 is 1.42 bits per heavy atom. The zero-order valence-electron chi connectivity index (χ0n) is 12.3. The number of hydrogen-bond donors (Lipinski definition) is 1. The molecular formula is C16H26N2S. The molecule has 2 nitrogen and oxygen atoms in total. The normalized spacial score (nSPS) is 24.1. The van der Waals surface area contributed by atoms with Crippen LogP contribution in [0, 0.1) is 6.92 Å². The van der Waals surface area contributed by atoms with E-state index in [1.165, 1.54) is 22.6 Å². The SMILES string of the molecule is CCC(N)C(c1ccccc1C)N1CCSCC1C. The average molecular weight is 278 g/mol. The highest BCUT2D eigenvalue weighted by molar-refractivity contribution is 7.99. The minimum atomic E-state index is 0.214. The standard InChI is InChI=1S/C16H26N2S/c1-4-15(17)16(14-8-6-5-7-12(14)2)18-9-10-19-11-13(18)3/h5-8,13,15-16H,4,9-11,17H2,1-3H3. The van der Waals surface area contributed by atoms with Gasteiger partial charge in [-0.1, -0.05) is 31.2 Å². The molecule has 0 saturated carbocycles. The minimum Gasteiger partial charge on any atom is -0.326 e. The Kier molecular flexibility index (Phi) is 5.31. The topological polar surface area (TPSA) is 29.3 Å². The lowest BCUT2D eigenvalue weighted by Gasteiger charge is -2.42. The van der Waals surface area contributed by atoms with E-state index in [1.54, 1.807) is 0 Å². The zero-order chi connectivity index (χ0) is 13.8. The van der Waals surface area contributed by atoms with Crippen molar-refractivity contribution in [2.24, 2.45) is 5.73 Å². The van der Waals surface area contributed by atoms with Crippen molar-refractivity contribution in [3.05, 3.63) is 35.4 Å². The Labute approximate surface area is 121 Å². The van der Waals surface area contributed by atoms with E-state index in [4.69, 9.17) is 5.73 Å². The molecule has 19 heavy (non-hydrogen) atoms. The molecule has 0 spiro atoms. The Balaban J connectivity index is 2.33. The lowest BCUT2D eigenvalue weighted by Crippen LogP contribution is -2.49. The first-order valence-electron chi connectivity index (χ1n) is 7.29. The third kappa shape index (κ3) is 3.33. The van der Waals surface area contributed by atoms with Gasteiger partial charge in [-0.3, -0.25) is 4.90 Å². The van der Waals surface area contributed by atoms with Gasteiger partial charge in [-0.25, -0.2) is 0 Å². The van der Waals surface area contributed by atoms with E-state index in [-0.39, 0.29) is 6.04 Å². The van der Waals surface area contributed by atoms with Gasteiger partial charge in [0.2, 0.25) is 0 Å². The van der Waals surface area contributed by atoms with Crippen LogP contribution in [0.4, 0.5) is 0 Å². The Morgan fingerprint density at radius 2 is 2.16 bits per heavy atom. The summed E-state index contributed by atoms with van der Waals surface area (Å²) in [6.45, 7) is 7.88. The summed E-state index contributed by atoms with van der Waals surface area (Å²) in [6, 6.07) is 9.90. The van der Waals surface area contributed by atoms with E-state index in [9.17, 15) is 0 Å². The van der Waals surface area contributed by atoms with Gasteiger partial charge in [-0.2, -0.15) is 11.8 Å². The van der Waals surface area contributed by atoms with Crippen molar-refractivity contribution in [3.8, 4) is 0 Å². The fourth-order valence-electron chi connectivity index (χ4n) is 2.95. The summed E-state index contributed by atoms with van der Waals surface area (Å²) in [5.41, 5.74) is 9.24. The number of rotatable bonds is 4. The molecule has 3 atom stereocenters. The molecule has 2 rings (SSSR count). The summed E-state index contributed by atoms with van der Waals surface area (Å²) in [7, 11) is 0. The smallest absolute Gasteiger partial charge is 0.0505 e. The number of hydrogen-bond acceptors (Lipinski definition) is 3. The number of thioether (sulfide) groups is 1. The van der Waals surface area contributed by atoms with Crippen LogP contribution in [0.25, 0.3) is 0 Å². The van der Waals surface area contributed by atoms with Crippen LogP contribution >= 0.6 is 11.8 Å². The maximum Gasteiger partial charge on any atom is 0.0505 e. The first-order valence-corrected chi connectivity index (χ1v) is 8.45. The zero-order valence-corrected chi connectivity index (χ0v) is 13.1. The molecule has 1 aromatic carbocycles. The highest BCUT2D eigenvalue weighted by Crippen LogP contribution is 2.32. The van der Waals surface area contributed by atoms with Crippen LogP contribution in [-0.4, -0.2) is 35.0 Å². The molecule has 0 amide bonds. The second kappa shape index (κ2) is 6.78. The van der Waals surface area contributed by atoms with Crippen LogP contribution < -0.4 is 5.73 Å². The lowest BCUT2D eigenvalue weighted by atomic mass is 9.92. The van der Waals surface area contributed by atoms with E-state index in [0.717, 1.165) is 13.0 Å². The molecule has 0 aliphatic carbocycles. The summed E-state index contributed by atoms with van der Waals surface area (Å²) >= 11 is 2.06. The number of benzene rings is 1. The van der Waals surface area contributed by atoms with Gasteiger partial charge in [0.25, 0.3) is 0 Å². The largest absolute Gasteiger partial charge is 0.326 e. The minimum absolute atomic E-state index is 0.214. The summed E-state index contributed by atoms with van der Waals surface area (Å²) in [5.74, 6) is 2.45. The number of nitrogens with two attached hydrogens (primary N) is 1. The van der Waals surface area contributed by atoms with Gasteiger partial charge in [0.05, 0.1) is 6.04 Å². The predicted molar refractivity (Wildman–Crippen MR) is 85.7 cm³/mol. The predicted octanol–water partition coefficient (Wildman–Crippen LogP) is 3.21. The Bertz CT molecular complexity index is 407. The van der Waals surface area contributed by atoms with E-state index >= 15 is 0 Å². The first kappa shape index (κ1) is 14.9. The molecule has 1 fully saturated rings. The summed E-state index contributed by atoms with van der Waals surface area (Å²) in [6.07, 6.45) is 1.02. The molecule has 3 heteroatoms. The van der Waals surface area contributed by atoms with E-state index < -0.39 is 0 Å². The third-order valence-corrected chi connectivity index (χ3v) is 5.35. The third-order valence-electron chi connectivity index (χ3n) is 4.16. The summed E-state index contributed by atoms with van der Waals surface area (Å²) in [4.78, 5) is 2.62. The number of nitrogens with zero attached hydrogens (tertiary/aromatic N) is 1. The molecule has 3 unspecified atom stereocenters. The van der Waals surface area contributed by atoms with Crippen LogP contribution in [0.15, 0.2) is 24.3 Å². The summed E-state index contributed by atoms with van der Waals surface area (Å²) in [5, 5.41) is 0. The molecule has 106 valence electrons. The van der Waals surface area contributed by atoms with Crippen LogP contribution in [0.3, 0.4) is 0 Å². The van der Waals surface area contributed by atoms with Gasteiger partial charge in [0.1, 0.15) is 0 Å². The van der Waals surface area contributed by atoms with Crippen LogP contribution in [0.1, 0.15) is 37.4 Å². The first-order chi connectivity index (χ1) is 9.15. The average Bonchev–Trinajstić information content (AvgIpc) is 2.43. The van der Waals surface area contributed by atoms with Gasteiger partial charge >= 0.3 is 0 Å². The van der Waals surface area contributed by atoms with Crippen molar-refractivity contribution in [3.63, 3.8) is 0 Å². The molecule has 1 aliphatic heterocycles. The second-order valence-electron chi connectivity index (χ2n) is 5.54. The van der Waals surface area contributed by atoms with Gasteiger partial charge in [0.15, 0.2) is 0 Å². The fraction of sp³-hybridized carbons (Fsp3) is 0.625. The van der Waals surface area contributed by atoms with Crippen molar-refractivity contribution >= 4 is 11.8 Å². The lowest BCUT2D eigenvalue weighted by molar-refractivity contribution is 0.137. The number of aryl methyl sites for hydroxylation is 1. The van der Waals surface area contributed by atoms with Crippen LogP contribution in [-0.2, 0) is 0 Å². The maximum atomic E-state index is 6.46. The van der Waals surface area contributed by atoms with Crippen LogP contribution in [0.5, 0.6) is 0 Å². The molecule has 0 radical (unpaired) electrons. The molecular weight excluding hydrogens is 252 g/mol. The fourth-order valence-corrected chi connectivity index (χ4v) is 3.99. The van der Waals surface area contributed by atoms with Crippen molar-refractivity contribution in [2.75, 3.05) is 18.1 Å². The molecule has 1 saturated heterocycles. The van der Waals surface area contributed by atoms with Crippen molar-refractivity contribution < 1.29 is 0 Å². The summed E-state index contributed by atoms with van der Waals surface area (Å²) < 4.78 is 0. The maximum absolute atomic E-state index is 6.46. The van der Waals surface area contributed by atoms with Gasteiger partial charge in [-0.05, 0) is 31.4 Å². The second-order valence-corrected chi connectivity index (χ2v) is 6.69. The van der Waals surface area contributed by atoms with Crippen LogP contribution in [0.2, 0.25) is 0 Å². The van der Waals surface area contributed by atoms with Crippen molar-refractivity contribution in [1.29, 1.82) is 0 Å². The molecule has 1 aromatic rings. The van der Waals surface area contributed by atoms with Gasteiger partial charge < -0.3 is 5.73 Å². The molecule has 1 heterocycles. The highest BCUT2D eigenvalue weighted by Gasteiger charge is 2.31. The van der Waals surface area contributed by atoms with Gasteiger partial charge in [0, 0.05) is 30.1 Å². The van der Waals surface area contributed by atoms with E-state index in [1.807, 2.05) is 0 Å². The van der Waals surface area contributed by atoms with Crippen molar-refractivity contribution in [2.45, 2.75) is 45.3 Å². The Morgan fingerprint density at radius 3 is 2.79 bits per heavy atom. The quantitative estimate of drug-likeness (QED) is 0.917. The van der Waals surface area contributed by atoms with E-state index in [2.05, 4.69) is 61.7 Å². The molecule has 0 bridgehead atoms. The molecule has 2 N–H and O–H groups in total. The monoisotopic (exact) mass is 278 g/mol. The van der Waals surface area contributed by atoms with Crippen molar-refractivity contribution in [1.82, 2.24) is 4.90 Å². The Hall–Kier alpha value is -0.510.